The number of non-ortho nitro benzene ring substituents is 1. The predicted octanol–water partition coefficient (Wildman–Crippen LogP) is 2.34. The molecular weight excluding hydrogens is 340 g/mol. The zero-order chi connectivity index (χ0) is 18.7. The number of carbonyl (C=O) groups is 1. The molecule has 0 unspecified atom stereocenters. The first-order valence-electron chi connectivity index (χ1n) is 7.50. The summed E-state index contributed by atoms with van der Waals surface area (Å²) >= 11 is 0. The fourth-order valence-corrected chi connectivity index (χ4v) is 2.25. The van der Waals surface area contributed by atoms with E-state index in [4.69, 9.17) is 4.42 Å². The minimum Gasteiger partial charge on any atom is -0.401 e. The summed E-state index contributed by atoms with van der Waals surface area (Å²) in [7, 11) is 1.74. The van der Waals surface area contributed by atoms with E-state index in [0.29, 0.717) is 11.3 Å². The Morgan fingerprint density at radius 1 is 1.35 bits per heavy atom. The maximum atomic E-state index is 11.9. The molecule has 10 heteroatoms. The predicted molar refractivity (Wildman–Crippen MR) is 92.0 cm³/mol. The molecule has 0 bridgehead atoms. The van der Waals surface area contributed by atoms with E-state index in [9.17, 15) is 14.9 Å². The maximum Gasteiger partial charge on any atom is 0.322 e. The Labute approximate surface area is 147 Å². The van der Waals surface area contributed by atoms with Gasteiger partial charge in [-0.25, -0.2) is 0 Å². The molecule has 132 valence electrons. The number of rotatable bonds is 5. The zero-order valence-electron chi connectivity index (χ0n) is 13.9. The number of benzene rings is 1. The van der Waals surface area contributed by atoms with Gasteiger partial charge in [-0.05, 0) is 24.6 Å². The van der Waals surface area contributed by atoms with E-state index in [1.165, 1.54) is 30.4 Å². The third kappa shape index (κ3) is 3.80. The van der Waals surface area contributed by atoms with Crippen LogP contribution in [0.5, 0.6) is 0 Å². The lowest BCUT2D eigenvalue weighted by atomic mass is 10.2. The Bertz CT molecular complexity index is 1000. The zero-order valence-corrected chi connectivity index (χ0v) is 13.9. The van der Waals surface area contributed by atoms with Crippen molar-refractivity contribution in [3.63, 3.8) is 0 Å². The van der Waals surface area contributed by atoms with E-state index < -0.39 is 10.8 Å². The summed E-state index contributed by atoms with van der Waals surface area (Å²) in [6.45, 7) is 1.83. The average Bonchev–Trinajstić information content (AvgIpc) is 3.19. The highest BCUT2D eigenvalue weighted by atomic mass is 16.6. The first-order valence-corrected chi connectivity index (χ1v) is 7.50. The Balaban J connectivity index is 1.68. The molecule has 0 fully saturated rings. The Morgan fingerprint density at radius 3 is 2.85 bits per heavy atom. The standard InChI is InChI=1S/C16H14N6O4/c1-10-8-13(21(2)20-10)15-18-19-16(26-15)17-14(23)7-6-11-4-3-5-12(9-11)22(24)25/h3-9H,1-2H3,(H,17,19,23)/b7-6+. The third-order valence-corrected chi connectivity index (χ3v) is 3.38. The van der Waals surface area contributed by atoms with Crippen molar-refractivity contribution < 1.29 is 14.1 Å². The van der Waals surface area contributed by atoms with Crippen LogP contribution in [-0.2, 0) is 11.8 Å². The SMILES string of the molecule is Cc1cc(-c2nnc(NC(=O)/C=C/c3cccc([N+](=O)[O-])c3)o2)n(C)n1. The number of amides is 1. The maximum absolute atomic E-state index is 11.9. The Morgan fingerprint density at radius 2 is 2.15 bits per heavy atom. The lowest BCUT2D eigenvalue weighted by molar-refractivity contribution is -0.384. The molecule has 0 atom stereocenters. The van der Waals surface area contributed by atoms with E-state index >= 15 is 0 Å². The van der Waals surface area contributed by atoms with E-state index in [0.717, 1.165) is 5.69 Å². The van der Waals surface area contributed by atoms with E-state index in [-0.39, 0.29) is 17.6 Å². The molecule has 10 nitrogen and oxygen atoms in total. The topological polar surface area (TPSA) is 129 Å². The summed E-state index contributed by atoms with van der Waals surface area (Å²) in [5.74, 6) is -0.279. The van der Waals surface area contributed by atoms with Crippen molar-refractivity contribution in [2.24, 2.45) is 7.05 Å². The van der Waals surface area contributed by atoms with Crippen LogP contribution < -0.4 is 5.32 Å². The molecule has 0 spiro atoms. The summed E-state index contributed by atoms with van der Waals surface area (Å²) in [5.41, 5.74) is 1.89. The van der Waals surface area contributed by atoms with Crippen LogP contribution in [0.2, 0.25) is 0 Å². The summed E-state index contributed by atoms with van der Waals surface area (Å²) in [5, 5.41) is 25.0. The molecule has 26 heavy (non-hydrogen) atoms. The number of nitro benzene ring substituents is 1. The fraction of sp³-hybridized carbons (Fsp3) is 0.125. The van der Waals surface area contributed by atoms with Crippen molar-refractivity contribution in [1.29, 1.82) is 0 Å². The highest BCUT2D eigenvalue weighted by Crippen LogP contribution is 2.20. The van der Waals surface area contributed by atoms with Crippen molar-refractivity contribution >= 4 is 23.7 Å². The summed E-state index contributed by atoms with van der Waals surface area (Å²) in [6.07, 6.45) is 2.67. The van der Waals surface area contributed by atoms with Gasteiger partial charge in [0.1, 0.15) is 5.69 Å². The van der Waals surface area contributed by atoms with E-state index in [1.807, 2.05) is 6.92 Å². The van der Waals surface area contributed by atoms with Crippen molar-refractivity contribution in [1.82, 2.24) is 20.0 Å². The van der Waals surface area contributed by atoms with Gasteiger partial charge in [-0.1, -0.05) is 17.2 Å². The van der Waals surface area contributed by atoms with Gasteiger partial charge in [-0.2, -0.15) is 5.10 Å². The van der Waals surface area contributed by atoms with Gasteiger partial charge in [-0.3, -0.25) is 24.9 Å². The lowest BCUT2D eigenvalue weighted by Gasteiger charge is -1.96. The Hall–Kier alpha value is -3.82. The molecule has 0 saturated carbocycles. The van der Waals surface area contributed by atoms with Gasteiger partial charge in [0.2, 0.25) is 0 Å². The number of aryl methyl sites for hydroxylation is 2. The first kappa shape index (κ1) is 17.0. The van der Waals surface area contributed by atoms with Crippen molar-refractivity contribution in [3.8, 4) is 11.6 Å². The van der Waals surface area contributed by atoms with Crippen molar-refractivity contribution in [2.75, 3.05) is 5.32 Å². The number of hydrogen-bond acceptors (Lipinski definition) is 7. The largest absolute Gasteiger partial charge is 0.401 e. The van der Waals surface area contributed by atoms with Gasteiger partial charge >= 0.3 is 6.01 Å². The van der Waals surface area contributed by atoms with Crippen LogP contribution in [0.15, 0.2) is 40.8 Å². The molecule has 2 aromatic heterocycles. The molecule has 1 N–H and O–H groups in total. The lowest BCUT2D eigenvalue weighted by Crippen LogP contribution is -2.07. The van der Waals surface area contributed by atoms with Crippen LogP contribution in [-0.4, -0.2) is 30.8 Å². The van der Waals surface area contributed by atoms with Gasteiger partial charge in [0.15, 0.2) is 0 Å². The second kappa shape index (κ2) is 6.97. The average molecular weight is 354 g/mol. The molecule has 0 radical (unpaired) electrons. The van der Waals surface area contributed by atoms with Crippen LogP contribution in [0.1, 0.15) is 11.3 Å². The first-order chi connectivity index (χ1) is 12.4. The smallest absolute Gasteiger partial charge is 0.322 e. The van der Waals surface area contributed by atoms with Crippen LogP contribution in [0.3, 0.4) is 0 Å². The Kier molecular flexibility index (Phi) is 4.56. The van der Waals surface area contributed by atoms with Crippen LogP contribution in [0.25, 0.3) is 17.7 Å². The fourth-order valence-electron chi connectivity index (χ4n) is 2.25. The normalized spacial score (nSPS) is 11.0. The quantitative estimate of drug-likeness (QED) is 0.423. The second-order valence-electron chi connectivity index (χ2n) is 5.38. The third-order valence-electron chi connectivity index (χ3n) is 3.38. The number of anilines is 1. The summed E-state index contributed by atoms with van der Waals surface area (Å²) in [4.78, 5) is 22.2. The minimum absolute atomic E-state index is 0.0550. The molecule has 0 aliphatic carbocycles. The molecule has 0 aliphatic heterocycles. The second-order valence-corrected chi connectivity index (χ2v) is 5.38. The van der Waals surface area contributed by atoms with Crippen molar-refractivity contribution in [3.05, 3.63) is 57.8 Å². The van der Waals surface area contributed by atoms with Crippen LogP contribution >= 0.6 is 0 Å². The molecule has 1 amide bonds. The molecule has 1 aromatic carbocycles. The molecule has 0 aliphatic rings. The molecular formula is C16H14N6O4. The summed E-state index contributed by atoms with van der Waals surface area (Å²) in [6, 6.07) is 7.63. The van der Waals surface area contributed by atoms with E-state index in [1.54, 1.807) is 23.9 Å². The number of aromatic nitrogens is 4. The number of nitro groups is 1. The van der Waals surface area contributed by atoms with Gasteiger partial charge in [0.05, 0.1) is 10.6 Å². The minimum atomic E-state index is -0.507. The number of nitrogens with one attached hydrogen (secondary N) is 1. The van der Waals surface area contributed by atoms with Gasteiger partial charge in [-0.15, -0.1) is 5.10 Å². The highest BCUT2D eigenvalue weighted by Gasteiger charge is 2.14. The monoisotopic (exact) mass is 354 g/mol. The van der Waals surface area contributed by atoms with Gasteiger partial charge < -0.3 is 4.42 Å². The van der Waals surface area contributed by atoms with Gasteiger partial charge in [0.25, 0.3) is 17.5 Å². The van der Waals surface area contributed by atoms with Crippen LogP contribution in [0.4, 0.5) is 11.7 Å². The van der Waals surface area contributed by atoms with Gasteiger partial charge in [0, 0.05) is 25.3 Å². The molecule has 3 aromatic rings. The molecule has 0 saturated heterocycles. The molecule has 3 rings (SSSR count). The van der Waals surface area contributed by atoms with E-state index in [2.05, 4.69) is 20.6 Å². The summed E-state index contributed by atoms with van der Waals surface area (Å²) < 4.78 is 6.99. The van der Waals surface area contributed by atoms with Crippen LogP contribution in [0, 0.1) is 17.0 Å². The number of nitrogens with zero attached hydrogens (tertiary/aromatic N) is 5. The van der Waals surface area contributed by atoms with Crippen molar-refractivity contribution in [2.45, 2.75) is 6.92 Å². The highest BCUT2D eigenvalue weighted by molar-refractivity contribution is 6.00. The molecule has 2 heterocycles. The number of carbonyl (C=O) groups excluding carboxylic acids is 1. The number of hydrogen-bond donors (Lipinski definition) is 1.